The first-order chi connectivity index (χ1) is 24.3. The van der Waals surface area contributed by atoms with E-state index in [2.05, 4.69) is 41.9 Å². The molecule has 4 aliphatic rings. The lowest BCUT2D eigenvalue weighted by atomic mass is 10.0. The summed E-state index contributed by atoms with van der Waals surface area (Å²) in [6, 6.07) is 1.30. The first-order valence-electron chi connectivity index (χ1n) is 18.8. The minimum Gasteiger partial charge on any atom is -0.370 e. The lowest BCUT2D eigenvalue weighted by molar-refractivity contribution is -0.123. The van der Waals surface area contributed by atoms with Crippen LogP contribution in [0.3, 0.4) is 0 Å². The van der Waals surface area contributed by atoms with E-state index in [1.165, 1.54) is 0 Å². The summed E-state index contributed by atoms with van der Waals surface area (Å²) in [4.78, 5) is 57.5. The van der Waals surface area contributed by atoms with E-state index in [0.29, 0.717) is 86.4 Å². The highest BCUT2D eigenvalue weighted by Crippen LogP contribution is 2.36. The third-order valence-electron chi connectivity index (χ3n) is 9.67. The molecular formula is C34H60N10O4S2. The number of nitrogens with zero attached hydrogens (tertiary/aromatic N) is 2. The van der Waals surface area contributed by atoms with Gasteiger partial charge in [-0.15, -0.1) is 0 Å². The van der Waals surface area contributed by atoms with Gasteiger partial charge in [-0.25, -0.2) is 9.98 Å². The number of aliphatic imine (C=N–C) groups is 2. The molecule has 10 N–H and O–H groups in total. The van der Waals surface area contributed by atoms with Crippen LogP contribution in [0.15, 0.2) is 9.98 Å². The van der Waals surface area contributed by atoms with Gasteiger partial charge in [-0.3, -0.25) is 19.2 Å². The van der Waals surface area contributed by atoms with Crippen LogP contribution < -0.4 is 43.4 Å². The van der Waals surface area contributed by atoms with Gasteiger partial charge in [0.05, 0.1) is 24.2 Å². The molecule has 3 unspecified atom stereocenters. The standard InChI is InChI=1S/C34H60N10O4S2/c35-33-41-23-21-49-25(31(23)43-33)11-5-7-15-27(45)37-17-9-1-3-13-29(47)39-19-20-40-30(48)14-4-2-10-18-38-28(46)16-8-6-12-26-32-24(22-50-26)42-34(36)44-32/h23-26,31-32H,1-22H2,(H,37,45)(H,38,46)(H,39,47)(H,40,48)(H3,35,41,43)(H3,36,42,44)/t23?,24?,25-,26?,31-,32-/m0/s1. The highest BCUT2D eigenvalue weighted by Gasteiger charge is 2.41. The van der Waals surface area contributed by atoms with Crippen LogP contribution in [0, 0.1) is 0 Å². The number of carbonyl (C=O) groups is 4. The number of hydrogen-bond donors (Lipinski definition) is 8. The number of nitrogens with two attached hydrogens (primary N) is 2. The number of rotatable bonds is 25. The van der Waals surface area contributed by atoms with Gasteiger partial charge in [0.2, 0.25) is 23.6 Å². The average molecular weight is 737 g/mol. The maximum Gasteiger partial charge on any atom is 0.220 e. The molecule has 0 aromatic heterocycles. The van der Waals surface area contributed by atoms with Gasteiger partial charge < -0.3 is 43.4 Å². The molecule has 2 saturated heterocycles. The predicted octanol–water partition coefficient (Wildman–Crippen LogP) is 1.23. The summed E-state index contributed by atoms with van der Waals surface area (Å²) >= 11 is 3.90. The van der Waals surface area contributed by atoms with Crippen LogP contribution in [0.2, 0.25) is 0 Å². The number of hydrogen-bond acceptors (Lipinski definition) is 12. The molecule has 0 spiro atoms. The maximum atomic E-state index is 12.1. The van der Waals surface area contributed by atoms with Crippen LogP contribution in [0.25, 0.3) is 0 Å². The minimum absolute atomic E-state index is 0.0215. The number of thioether (sulfide) groups is 2. The van der Waals surface area contributed by atoms with Crippen LogP contribution >= 0.6 is 23.5 Å². The normalized spacial score (nSPS) is 24.7. The van der Waals surface area contributed by atoms with Crippen LogP contribution in [0.4, 0.5) is 0 Å². The third-order valence-corrected chi connectivity index (χ3v) is 12.7. The fourth-order valence-electron chi connectivity index (χ4n) is 6.90. The quantitative estimate of drug-likeness (QED) is 0.0628. The predicted molar refractivity (Wildman–Crippen MR) is 203 cm³/mol. The zero-order valence-electron chi connectivity index (χ0n) is 29.5. The van der Waals surface area contributed by atoms with Crippen LogP contribution in [0.1, 0.15) is 103 Å². The van der Waals surface area contributed by atoms with Gasteiger partial charge in [-0.1, -0.05) is 25.7 Å². The summed E-state index contributed by atoms with van der Waals surface area (Å²) < 4.78 is 0. The Balaban J connectivity index is 0.849. The van der Waals surface area contributed by atoms with Crippen molar-refractivity contribution in [1.29, 1.82) is 0 Å². The van der Waals surface area contributed by atoms with E-state index in [-0.39, 0.29) is 35.7 Å². The molecule has 0 aromatic rings. The van der Waals surface area contributed by atoms with Crippen molar-refractivity contribution in [1.82, 2.24) is 31.9 Å². The molecule has 4 aliphatic heterocycles. The Morgan fingerprint density at radius 1 is 0.540 bits per heavy atom. The van der Waals surface area contributed by atoms with Crippen molar-refractivity contribution in [3.05, 3.63) is 0 Å². The van der Waals surface area contributed by atoms with Crippen molar-refractivity contribution in [2.24, 2.45) is 21.5 Å². The summed E-state index contributed by atoms with van der Waals surface area (Å²) in [7, 11) is 0. The zero-order chi connectivity index (χ0) is 35.6. The molecular weight excluding hydrogens is 677 g/mol. The maximum absolute atomic E-state index is 12.1. The lowest BCUT2D eigenvalue weighted by Crippen LogP contribution is -2.38. The Labute approximate surface area is 305 Å². The molecule has 282 valence electrons. The molecule has 50 heavy (non-hydrogen) atoms. The Bertz CT molecular complexity index is 1090. The number of nitrogens with one attached hydrogen (secondary N) is 6. The monoisotopic (exact) mass is 736 g/mol. The Kier molecular flexibility index (Phi) is 17.7. The van der Waals surface area contributed by atoms with Crippen molar-refractivity contribution < 1.29 is 19.2 Å². The van der Waals surface area contributed by atoms with Crippen molar-refractivity contribution in [3.63, 3.8) is 0 Å². The summed E-state index contributed by atoms with van der Waals surface area (Å²) in [6.45, 7) is 2.09. The van der Waals surface area contributed by atoms with Gasteiger partial charge in [-0.2, -0.15) is 23.5 Å². The molecule has 0 aromatic carbocycles. The number of guanidine groups is 2. The van der Waals surface area contributed by atoms with Gasteiger partial charge in [0.15, 0.2) is 11.9 Å². The zero-order valence-corrected chi connectivity index (χ0v) is 31.2. The van der Waals surface area contributed by atoms with Gasteiger partial charge in [0.1, 0.15) is 0 Å². The van der Waals surface area contributed by atoms with E-state index < -0.39 is 0 Å². The molecule has 4 rings (SSSR count). The molecule has 0 bridgehead atoms. The van der Waals surface area contributed by atoms with Crippen molar-refractivity contribution in [2.75, 3.05) is 37.7 Å². The average Bonchev–Trinajstić information content (AvgIpc) is 3.85. The third kappa shape index (κ3) is 14.4. The van der Waals surface area contributed by atoms with E-state index in [9.17, 15) is 19.2 Å². The SMILES string of the molecule is NC1=N[C@H]2C(CSC2CCCCC(=O)NCCCCCC(=O)NCCNC(=O)CCCCCNC(=O)CCCC[C@@H]2SCC3NC(N)=N[C@@H]32)N1. The Hall–Kier alpha value is -2.88. The van der Waals surface area contributed by atoms with E-state index in [0.717, 1.165) is 88.6 Å². The summed E-state index contributed by atoms with van der Waals surface area (Å²) in [5, 5.41) is 19.1. The largest absolute Gasteiger partial charge is 0.370 e. The summed E-state index contributed by atoms with van der Waals surface area (Å²) in [6.07, 6.45) is 12.8. The van der Waals surface area contributed by atoms with Crippen molar-refractivity contribution >= 4 is 59.1 Å². The number of carbonyl (C=O) groups excluding carboxylic acids is 4. The summed E-state index contributed by atoms with van der Waals surface area (Å²) in [5.41, 5.74) is 11.6. The van der Waals surface area contributed by atoms with Gasteiger partial charge in [-0.05, 0) is 51.4 Å². The molecule has 0 radical (unpaired) electrons. The second-order valence-corrected chi connectivity index (χ2v) is 16.3. The van der Waals surface area contributed by atoms with Crippen LogP contribution in [0.5, 0.6) is 0 Å². The molecule has 0 saturated carbocycles. The first-order valence-corrected chi connectivity index (χ1v) is 20.9. The van der Waals surface area contributed by atoms with Crippen molar-refractivity contribution in [2.45, 2.75) is 137 Å². The Morgan fingerprint density at radius 3 is 1.30 bits per heavy atom. The molecule has 4 heterocycles. The van der Waals surface area contributed by atoms with Crippen LogP contribution in [-0.4, -0.2) is 108 Å². The first kappa shape index (κ1) is 39.9. The molecule has 16 heteroatoms. The van der Waals surface area contributed by atoms with Gasteiger partial charge >= 0.3 is 0 Å². The molecule has 4 amide bonds. The highest BCUT2D eigenvalue weighted by atomic mass is 32.2. The minimum atomic E-state index is -0.0215. The Morgan fingerprint density at radius 2 is 0.900 bits per heavy atom. The van der Waals surface area contributed by atoms with E-state index in [1.54, 1.807) is 0 Å². The number of fused-ring (bicyclic) bond motifs is 2. The molecule has 0 aliphatic carbocycles. The lowest BCUT2D eigenvalue weighted by Gasteiger charge is -2.14. The molecule has 2 fully saturated rings. The van der Waals surface area contributed by atoms with E-state index in [1.807, 2.05) is 23.5 Å². The second-order valence-electron chi connectivity index (χ2n) is 13.8. The number of amides is 4. The van der Waals surface area contributed by atoms with E-state index >= 15 is 0 Å². The van der Waals surface area contributed by atoms with Gasteiger partial charge in [0, 0.05) is 73.9 Å². The second kappa shape index (κ2) is 22.1. The topological polar surface area (TPSA) is 217 Å². The smallest absolute Gasteiger partial charge is 0.220 e. The highest BCUT2D eigenvalue weighted by molar-refractivity contribution is 8.00. The van der Waals surface area contributed by atoms with Crippen molar-refractivity contribution in [3.8, 4) is 0 Å². The fraction of sp³-hybridized carbons (Fsp3) is 0.824. The number of unbranched alkanes of at least 4 members (excludes halogenated alkanes) is 6. The summed E-state index contributed by atoms with van der Waals surface area (Å²) in [5.74, 6) is 3.35. The van der Waals surface area contributed by atoms with Gasteiger partial charge in [0.25, 0.3) is 0 Å². The molecule has 6 atom stereocenters. The van der Waals surface area contributed by atoms with Crippen LogP contribution in [-0.2, 0) is 19.2 Å². The van der Waals surface area contributed by atoms with E-state index in [4.69, 9.17) is 11.5 Å². The molecule has 14 nitrogen and oxygen atoms in total. The fourth-order valence-corrected chi connectivity index (χ4v) is 9.93.